The summed E-state index contributed by atoms with van der Waals surface area (Å²) in [7, 11) is 0. The molecule has 1 fully saturated rings. The Morgan fingerprint density at radius 2 is 1.81 bits per heavy atom. The molecule has 1 saturated heterocycles. The average molecular weight is 369 g/mol. The lowest BCUT2D eigenvalue weighted by Gasteiger charge is -2.24. The van der Waals surface area contributed by atoms with Crippen LogP contribution in [0.5, 0.6) is 0 Å². The van der Waals surface area contributed by atoms with E-state index < -0.39 is 23.6 Å². The summed E-state index contributed by atoms with van der Waals surface area (Å²) >= 11 is 0. The molecule has 2 aromatic carbocycles. The molecular weight excluding hydrogens is 342 g/mol. The number of aryl methyl sites for hydroxylation is 1. The number of fused-ring (bicyclic) bond motifs is 1. The lowest BCUT2D eigenvalue weighted by Crippen LogP contribution is -2.36. The second-order valence-corrected chi connectivity index (χ2v) is 8.31. The van der Waals surface area contributed by atoms with E-state index in [9.17, 15) is 14.7 Å². The molecule has 0 unspecified atom stereocenters. The molecule has 0 radical (unpaired) electrons. The van der Waals surface area contributed by atoms with Crippen LogP contribution in [0.3, 0.4) is 0 Å². The maximum absolute atomic E-state index is 12.3. The molecule has 1 aliphatic heterocycles. The first-order chi connectivity index (χ1) is 12.7. The van der Waals surface area contributed by atoms with Crippen LogP contribution in [-0.2, 0) is 16.0 Å². The summed E-state index contributed by atoms with van der Waals surface area (Å²) in [5.41, 5.74) is 0.604. The number of aliphatic carboxylic acids is 1. The number of hydrogen-bond donors (Lipinski definition) is 1. The summed E-state index contributed by atoms with van der Waals surface area (Å²) < 4.78 is 5.40. The molecule has 1 amide bonds. The van der Waals surface area contributed by atoms with Gasteiger partial charge in [-0.05, 0) is 55.9 Å². The Morgan fingerprint density at radius 1 is 1.11 bits per heavy atom. The summed E-state index contributed by atoms with van der Waals surface area (Å²) in [5, 5.41) is 12.0. The third-order valence-electron chi connectivity index (χ3n) is 5.03. The molecule has 2 atom stereocenters. The summed E-state index contributed by atoms with van der Waals surface area (Å²) in [6, 6.07) is 14.5. The minimum atomic E-state index is -0.843. The third-order valence-corrected chi connectivity index (χ3v) is 5.03. The van der Waals surface area contributed by atoms with Crippen LogP contribution in [0.1, 0.15) is 32.8 Å². The van der Waals surface area contributed by atoms with Crippen molar-refractivity contribution in [2.45, 2.75) is 39.2 Å². The number of carbonyl (C=O) groups is 2. The summed E-state index contributed by atoms with van der Waals surface area (Å²) in [6.07, 6.45) is 1.10. The number of benzene rings is 2. The Kier molecular flexibility index (Phi) is 5.40. The first-order valence-electron chi connectivity index (χ1n) is 9.41. The van der Waals surface area contributed by atoms with E-state index in [1.807, 2.05) is 32.9 Å². The van der Waals surface area contributed by atoms with Gasteiger partial charge in [0.1, 0.15) is 5.60 Å². The Balaban J connectivity index is 1.66. The van der Waals surface area contributed by atoms with Crippen LogP contribution in [0.4, 0.5) is 4.79 Å². The van der Waals surface area contributed by atoms with E-state index in [-0.39, 0.29) is 12.5 Å². The van der Waals surface area contributed by atoms with Crippen molar-refractivity contribution in [3.63, 3.8) is 0 Å². The van der Waals surface area contributed by atoms with Gasteiger partial charge in [-0.3, -0.25) is 4.79 Å². The third kappa shape index (κ3) is 4.79. The van der Waals surface area contributed by atoms with E-state index in [1.54, 1.807) is 0 Å². The van der Waals surface area contributed by atoms with Crippen molar-refractivity contribution in [3.05, 3.63) is 48.0 Å². The monoisotopic (exact) mass is 369 g/mol. The van der Waals surface area contributed by atoms with Gasteiger partial charge in [-0.15, -0.1) is 0 Å². The molecule has 3 rings (SSSR count). The molecule has 0 bridgehead atoms. The molecule has 0 aliphatic carbocycles. The zero-order chi connectivity index (χ0) is 19.6. The topological polar surface area (TPSA) is 66.8 Å². The number of carboxylic acid groups (broad SMARTS) is 1. The van der Waals surface area contributed by atoms with E-state index in [1.165, 1.54) is 21.2 Å². The SMILES string of the molecule is CC(C)(C)OC(=O)N1C[C@H](CCc2ccc3ccccc3c2)[C@@H](C(=O)O)C1. The fourth-order valence-corrected chi connectivity index (χ4v) is 3.67. The molecule has 0 spiro atoms. The van der Waals surface area contributed by atoms with Crippen molar-refractivity contribution in [1.29, 1.82) is 0 Å². The maximum Gasteiger partial charge on any atom is 0.410 e. The van der Waals surface area contributed by atoms with Gasteiger partial charge < -0.3 is 14.7 Å². The van der Waals surface area contributed by atoms with E-state index in [0.717, 1.165) is 12.8 Å². The highest BCUT2D eigenvalue weighted by Gasteiger charge is 2.40. The largest absolute Gasteiger partial charge is 0.481 e. The number of amides is 1. The van der Waals surface area contributed by atoms with Crippen molar-refractivity contribution in [3.8, 4) is 0 Å². The molecular formula is C22H27NO4. The highest BCUT2D eigenvalue weighted by molar-refractivity contribution is 5.83. The van der Waals surface area contributed by atoms with Gasteiger partial charge in [-0.1, -0.05) is 42.5 Å². The minimum Gasteiger partial charge on any atom is -0.481 e. The van der Waals surface area contributed by atoms with Crippen LogP contribution in [0.15, 0.2) is 42.5 Å². The van der Waals surface area contributed by atoms with Crippen LogP contribution >= 0.6 is 0 Å². The molecule has 1 aliphatic rings. The van der Waals surface area contributed by atoms with E-state index >= 15 is 0 Å². The number of nitrogens with zero attached hydrogens (tertiary/aromatic N) is 1. The molecule has 5 nitrogen and oxygen atoms in total. The number of rotatable bonds is 4. The number of carboxylic acids is 1. The highest BCUT2D eigenvalue weighted by Crippen LogP contribution is 2.29. The van der Waals surface area contributed by atoms with Crippen LogP contribution in [0.25, 0.3) is 10.8 Å². The lowest BCUT2D eigenvalue weighted by molar-refractivity contribution is -0.142. The molecule has 144 valence electrons. The van der Waals surface area contributed by atoms with Crippen LogP contribution in [0.2, 0.25) is 0 Å². The van der Waals surface area contributed by atoms with Gasteiger partial charge in [0.25, 0.3) is 0 Å². The van der Waals surface area contributed by atoms with Gasteiger partial charge in [0, 0.05) is 13.1 Å². The highest BCUT2D eigenvalue weighted by atomic mass is 16.6. The standard InChI is InChI=1S/C22H27NO4/c1-22(2,3)27-21(26)23-13-18(19(14-23)20(24)25)11-9-15-8-10-16-6-4-5-7-17(16)12-15/h4-8,10,12,18-19H,9,11,13-14H2,1-3H3,(H,24,25)/t18-,19-/m0/s1. The van der Waals surface area contributed by atoms with Crippen LogP contribution in [-0.4, -0.2) is 40.8 Å². The van der Waals surface area contributed by atoms with Crippen molar-refractivity contribution in [2.24, 2.45) is 11.8 Å². The predicted molar refractivity (Wildman–Crippen MR) is 105 cm³/mol. The molecule has 2 aromatic rings. The minimum absolute atomic E-state index is 0.0681. The number of carbonyl (C=O) groups excluding carboxylic acids is 1. The number of hydrogen-bond acceptors (Lipinski definition) is 3. The van der Waals surface area contributed by atoms with Gasteiger partial charge in [0.05, 0.1) is 5.92 Å². The Bertz CT molecular complexity index is 840. The molecule has 5 heteroatoms. The number of likely N-dealkylation sites (tertiary alicyclic amines) is 1. The van der Waals surface area contributed by atoms with Gasteiger partial charge in [0.15, 0.2) is 0 Å². The van der Waals surface area contributed by atoms with E-state index in [0.29, 0.717) is 6.54 Å². The zero-order valence-electron chi connectivity index (χ0n) is 16.1. The maximum atomic E-state index is 12.3. The molecule has 1 N–H and O–H groups in total. The summed E-state index contributed by atoms with van der Waals surface area (Å²) in [4.78, 5) is 25.5. The zero-order valence-corrected chi connectivity index (χ0v) is 16.1. The summed E-state index contributed by atoms with van der Waals surface area (Å²) in [6.45, 7) is 6.08. The summed E-state index contributed by atoms with van der Waals surface area (Å²) in [5.74, 6) is -1.45. The fourth-order valence-electron chi connectivity index (χ4n) is 3.67. The average Bonchev–Trinajstić information content (AvgIpc) is 3.03. The first-order valence-corrected chi connectivity index (χ1v) is 9.41. The molecule has 27 heavy (non-hydrogen) atoms. The van der Waals surface area contributed by atoms with Crippen LogP contribution < -0.4 is 0 Å². The van der Waals surface area contributed by atoms with Gasteiger partial charge in [0.2, 0.25) is 0 Å². The normalized spacial score (nSPS) is 20.0. The Labute approximate surface area is 159 Å². The van der Waals surface area contributed by atoms with Crippen molar-refractivity contribution >= 4 is 22.8 Å². The Hall–Kier alpha value is -2.56. The second kappa shape index (κ2) is 7.59. The predicted octanol–water partition coefficient (Wildman–Crippen LogP) is 4.34. The van der Waals surface area contributed by atoms with Crippen molar-refractivity contribution in [1.82, 2.24) is 4.90 Å². The van der Waals surface area contributed by atoms with Crippen molar-refractivity contribution < 1.29 is 19.4 Å². The van der Waals surface area contributed by atoms with Crippen molar-refractivity contribution in [2.75, 3.05) is 13.1 Å². The van der Waals surface area contributed by atoms with E-state index in [2.05, 4.69) is 30.3 Å². The quantitative estimate of drug-likeness (QED) is 0.870. The van der Waals surface area contributed by atoms with E-state index in [4.69, 9.17) is 4.74 Å². The number of ether oxygens (including phenoxy) is 1. The molecule has 0 saturated carbocycles. The second-order valence-electron chi connectivity index (χ2n) is 8.31. The van der Waals surface area contributed by atoms with Crippen LogP contribution in [0, 0.1) is 11.8 Å². The van der Waals surface area contributed by atoms with Gasteiger partial charge in [-0.2, -0.15) is 0 Å². The molecule has 1 heterocycles. The smallest absolute Gasteiger partial charge is 0.410 e. The first kappa shape index (κ1) is 19.2. The Morgan fingerprint density at radius 3 is 2.48 bits per heavy atom. The molecule has 0 aromatic heterocycles. The van der Waals surface area contributed by atoms with Gasteiger partial charge >= 0.3 is 12.1 Å². The van der Waals surface area contributed by atoms with Gasteiger partial charge in [-0.25, -0.2) is 4.79 Å². The fraction of sp³-hybridized carbons (Fsp3) is 0.455. The lowest BCUT2D eigenvalue weighted by atomic mass is 9.90.